The molecule has 23 heavy (non-hydrogen) atoms. The summed E-state index contributed by atoms with van der Waals surface area (Å²) in [5.74, 6) is 0.945. The predicted octanol–water partition coefficient (Wildman–Crippen LogP) is 3.57. The van der Waals surface area contributed by atoms with Crippen LogP contribution in [0.3, 0.4) is 0 Å². The minimum atomic E-state index is 0.656. The quantitative estimate of drug-likeness (QED) is 0.924. The molecule has 4 rings (SSSR count). The molecule has 3 fully saturated rings. The Morgan fingerprint density at radius 2 is 1.74 bits per heavy atom. The van der Waals surface area contributed by atoms with E-state index in [9.17, 15) is 0 Å². The van der Waals surface area contributed by atoms with Gasteiger partial charge in [0.2, 0.25) is 0 Å². The third-order valence-corrected chi connectivity index (χ3v) is 5.33. The Labute approximate surface area is 142 Å². The van der Waals surface area contributed by atoms with Crippen molar-refractivity contribution in [2.45, 2.75) is 59.4 Å². The third-order valence-electron chi connectivity index (χ3n) is 5.33. The van der Waals surface area contributed by atoms with E-state index in [1.54, 1.807) is 0 Å². The summed E-state index contributed by atoms with van der Waals surface area (Å²) in [5, 5.41) is 7.83. The Bertz CT molecular complexity index is 409. The van der Waals surface area contributed by atoms with Crippen LogP contribution in [-0.4, -0.2) is 47.4 Å². The molecule has 2 saturated heterocycles. The van der Waals surface area contributed by atoms with Crippen molar-refractivity contribution in [1.82, 2.24) is 20.0 Å². The van der Waals surface area contributed by atoms with Crippen LogP contribution in [-0.2, 0) is 0 Å². The average molecular weight is 321 g/mol. The van der Waals surface area contributed by atoms with E-state index >= 15 is 0 Å². The number of aromatic nitrogens is 2. The number of hydrogen-bond acceptors (Lipinski definition) is 3. The van der Waals surface area contributed by atoms with Crippen LogP contribution in [0.5, 0.6) is 0 Å². The number of nitrogens with zero attached hydrogens (tertiary/aromatic N) is 3. The highest BCUT2D eigenvalue weighted by atomic mass is 15.3. The summed E-state index contributed by atoms with van der Waals surface area (Å²) in [6.45, 7) is 14.5. The highest BCUT2D eigenvalue weighted by Gasteiger charge is 2.52. The van der Waals surface area contributed by atoms with Gasteiger partial charge in [-0.25, -0.2) is 0 Å². The largest absolute Gasteiger partial charge is 0.317 e. The lowest BCUT2D eigenvalue weighted by Gasteiger charge is -2.59. The Morgan fingerprint density at radius 1 is 1.09 bits per heavy atom. The summed E-state index contributed by atoms with van der Waals surface area (Å²) in [6, 6.07) is 2.71. The van der Waals surface area contributed by atoms with Gasteiger partial charge in [0.25, 0.3) is 0 Å². The number of nitrogens with one attached hydrogen (secondary N) is 1. The van der Waals surface area contributed by atoms with E-state index < -0.39 is 0 Å². The first kappa shape index (κ1) is 18.5. The van der Waals surface area contributed by atoms with E-state index in [1.807, 2.05) is 40.0 Å². The minimum Gasteiger partial charge on any atom is -0.317 e. The average Bonchev–Trinajstić information content (AvgIpc) is 3.07. The van der Waals surface area contributed by atoms with Gasteiger partial charge < -0.3 is 10.2 Å². The molecule has 1 aromatic rings. The molecule has 3 heterocycles. The van der Waals surface area contributed by atoms with E-state index in [4.69, 9.17) is 0 Å². The van der Waals surface area contributed by atoms with Gasteiger partial charge in [-0.05, 0) is 56.2 Å². The molecule has 1 N–H and O–H groups in total. The van der Waals surface area contributed by atoms with Crippen molar-refractivity contribution >= 4 is 0 Å². The fraction of sp³-hybridized carbons (Fsp3) is 0.842. The van der Waals surface area contributed by atoms with Crippen LogP contribution in [0.2, 0.25) is 0 Å². The maximum Gasteiger partial charge on any atom is 0.0531 e. The van der Waals surface area contributed by atoms with Gasteiger partial charge in [-0.2, -0.15) is 5.10 Å². The molecule has 4 nitrogen and oxygen atoms in total. The second kappa shape index (κ2) is 8.84. The number of rotatable bonds is 3. The van der Waals surface area contributed by atoms with E-state index in [1.165, 1.54) is 58.4 Å². The smallest absolute Gasteiger partial charge is 0.0531 e. The van der Waals surface area contributed by atoms with Crippen molar-refractivity contribution in [2.75, 3.05) is 32.7 Å². The molecule has 4 heteroatoms. The van der Waals surface area contributed by atoms with Crippen LogP contribution in [0, 0.1) is 11.3 Å². The zero-order valence-corrected chi connectivity index (χ0v) is 15.6. The highest BCUT2D eigenvalue weighted by molar-refractivity contribution is 5.06. The van der Waals surface area contributed by atoms with Crippen molar-refractivity contribution in [3.63, 3.8) is 0 Å². The SMILES string of the molecule is CC.CC.c1cnn(C2CC3(C2)CN(CC2CCNCC2)C3)c1. The number of piperidine rings is 1. The molecule has 0 radical (unpaired) electrons. The molecule has 1 aromatic heterocycles. The van der Waals surface area contributed by atoms with Crippen molar-refractivity contribution in [3.8, 4) is 0 Å². The topological polar surface area (TPSA) is 33.1 Å². The lowest BCUT2D eigenvalue weighted by molar-refractivity contribution is -0.0975. The van der Waals surface area contributed by atoms with Gasteiger partial charge >= 0.3 is 0 Å². The van der Waals surface area contributed by atoms with Gasteiger partial charge in [0.05, 0.1) is 6.04 Å². The molecule has 0 unspecified atom stereocenters. The summed E-state index contributed by atoms with van der Waals surface area (Å²) in [7, 11) is 0. The zero-order valence-electron chi connectivity index (χ0n) is 15.6. The van der Waals surface area contributed by atoms with Crippen LogP contribution in [0.15, 0.2) is 18.5 Å². The van der Waals surface area contributed by atoms with Crippen LogP contribution < -0.4 is 5.32 Å². The lowest BCUT2D eigenvalue weighted by Crippen LogP contribution is -2.63. The Morgan fingerprint density at radius 3 is 2.30 bits per heavy atom. The molecule has 1 aliphatic carbocycles. The molecule has 0 aromatic carbocycles. The normalized spacial score (nSPS) is 23.8. The maximum absolute atomic E-state index is 4.37. The van der Waals surface area contributed by atoms with E-state index in [2.05, 4.69) is 26.2 Å². The zero-order chi connectivity index (χ0) is 16.7. The van der Waals surface area contributed by atoms with Crippen LogP contribution in [0.1, 0.15) is 59.4 Å². The van der Waals surface area contributed by atoms with E-state index in [0.717, 1.165) is 5.92 Å². The number of hydrogen-bond donors (Lipinski definition) is 1. The van der Waals surface area contributed by atoms with Gasteiger partial charge in [-0.15, -0.1) is 0 Å². The summed E-state index contributed by atoms with van der Waals surface area (Å²) in [4.78, 5) is 2.69. The molecule has 2 aliphatic heterocycles. The van der Waals surface area contributed by atoms with Crippen molar-refractivity contribution in [3.05, 3.63) is 18.5 Å². The van der Waals surface area contributed by atoms with Gasteiger partial charge in [-0.3, -0.25) is 4.68 Å². The number of likely N-dealkylation sites (tertiary alicyclic amines) is 1. The van der Waals surface area contributed by atoms with Gasteiger partial charge in [0, 0.05) is 32.0 Å². The van der Waals surface area contributed by atoms with Gasteiger partial charge in [0.15, 0.2) is 0 Å². The summed E-state index contributed by atoms with van der Waals surface area (Å²) < 4.78 is 2.15. The van der Waals surface area contributed by atoms with E-state index in [-0.39, 0.29) is 0 Å². The molecule has 1 spiro atoms. The second-order valence-corrected chi connectivity index (χ2v) is 6.91. The Balaban J connectivity index is 0.000000448. The second-order valence-electron chi connectivity index (χ2n) is 6.91. The molecule has 0 amide bonds. The standard InChI is InChI=1S/C15H24N4.2C2H6/c1-4-17-19(7-1)14-8-15(9-14)11-18(12-15)10-13-2-5-16-6-3-13;2*1-2/h1,4,7,13-14,16H,2-3,5-6,8-12H2;2*1-2H3. The molecule has 0 bridgehead atoms. The van der Waals surface area contributed by atoms with Crippen LogP contribution in [0.4, 0.5) is 0 Å². The third kappa shape index (κ3) is 4.36. The molecule has 132 valence electrons. The minimum absolute atomic E-state index is 0.656. The van der Waals surface area contributed by atoms with Crippen molar-refractivity contribution in [2.24, 2.45) is 11.3 Å². The van der Waals surface area contributed by atoms with Crippen molar-refractivity contribution in [1.29, 1.82) is 0 Å². The van der Waals surface area contributed by atoms with Gasteiger partial charge in [0.1, 0.15) is 0 Å². The molecule has 3 aliphatic rings. The van der Waals surface area contributed by atoms with Crippen LogP contribution in [0.25, 0.3) is 0 Å². The fourth-order valence-electron chi connectivity index (χ4n) is 4.34. The van der Waals surface area contributed by atoms with E-state index in [0.29, 0.717) is 11.5 Å². The molecule has 0 atom stereocenters. The fourth-order valence-corrected chi connectivity index (χ4v) is 4.34. The monoisotopic (exact) mass is 320 g/mol. The summed E-state index contributed by atoms with van der Waals surface area (Å²) >= 11 is 0. The first-order valence-electron chi connectivity index (χ1n) is 9.75. The maximum atomic E-state index is 4.37. The first-order valence-corrected chi connectivity index (χ1v) is 9.75. The molecular formula is C19H36N4. The summed E-state index contributed by atoms with van der Waals surface area (Å²) in [5.41, 5.74) is 0.656. The van der Waals surface area contributed by atoms with Crippen molar-refractivity contribution < 1.29 is 0 Å². The first-order chi connectivity index (χ1) is 11.3. The molecular weight excluding hydrogens is 284 g/mol. The predicted molar refractivity (Wildman–Crippen MR) is 97.7 cm³/mol. The summed E-state index contributed by atoms with van der Waals surface area (Å²) in [6.07, 6.45) is 9.45. The Hall–Kier alpha value is -0.870. The van der Waals surface area contributed by atoms with Gasteiger partial charge in [-0.1, -0.05) is 27.7 Å². The highest BCUT2D eigenvalue weighted by Crippen LogP contribution is 2.53. The van der Waals surface area contributed by atoms with Crippen LogP contribution >= 0.6 is 0 Å². The lowest BCUT2D eigenvalue weighted by atomic mass is 9.60. The molecule has 1 saturated carbocycles. The Kier molecular flexibility index (Phi) is 7.09.